The Morgan fingerprint density at radius 2 is 2.00 bits per heavy atom. The second-order valence-electron chi connectivity index (χ2n) is 4.24. The van der Waals surface area contributed by atoms with E-state index in [-0.39, 0.29) is 9.92 Å². The minimum Gasteiger partial charge on any atom is -0.398 e. The number of hydrogen-bond acceptors (Lipinski definition) is 3. The number of nitrogens with two attached hydrogens (primary N) is 1. The summed E-state index contributed by atoms with van der Waals surface area (Å²) in [6.45, 7) is 4.26. The summed E-state index contributed by atoms with van der Waals surface area (Å²) in [5.41, 5.74) is 6.90. The Hall–Kier alpha value is -0.780. The third kappa shape index (κ3) is 3.86. The van der Waals surface area contributed by atoms with Crippen molar-refractivity contribution in [3.63, 3.8) is 0 Å². The fraction of sp³-hybridized carbons (Fsp3) is 0.500. The number of nitrogens with one attached hydrogen (secondary N) is 1. The van der Waals surface area contributed by atoms with Crippen molar-refractivity contribution in [3.8, 4) is 0 Å². The molecule has 0 fully saturated rings. The summed E-state index contributed by atoms with van der Waals surface area (Å²) in [7, 11) is -3.57. The molecule has 0 amide bonds. The van der Waals surface area contributed by atoms with Crippen molar-refractivity contribution < 1.29 is 8.42 Å². The van der Waals surface area contributed by atoms with Crippen LogP contribution in [0.15, 0.2) is 17.0 Å². The van der Waals surface area contributed by atoms with Gasteiger partial charge in [-0.3, -0.25) is 0 Å². The highest BCUT2D eigenvalue weighted by Gasteiger charge is 2.18. The molecule has 1 rings (SSSR count). The Balaban J connectivity index is 2.88. The fourth-order valence-electron chi connectivity index (χ4n) is 1.53. The second-order valence-corrected chi connectivity index (χ2v) is 6.39. The lowest BCUT2D eigenvalue weighted by Gasteiger charge is -2.10. The number of halogens is 1. The van der Waals surface area contributed by atoms with Gasteiger partial charge in [-0.05, 0) is 31.0 Å². The van der Waals surface area contributed by atoms with E-state index in [1.807, 2.05) is 0 Å². The van der Waals surface area contributed by atoms with Crippen molar-refractivity contribution in [2.75, 3.05) is 12.3 Å². The molecule has 1 aromatic rings. The Labute approximate surface area is 114 Å². The molecule has 1 aromatic carbocycles. The van der Waals surface area contributed by atoms with Gasteiger partial charge in [0.2, 0.25) is 10.0 Å². The number of hydrogen-bond donors (Lipinski definition) is 2. The highest BCUT2D eigenvalue weighted by molar-refractivity contribution is 7.89. The molecule has 18 heavy (non-hydrogen) atoms. The van der Waals surface area contributed by atoms with Crippen molar-refractivity contribution >= 4 is 27.3 Å². The summed E-state index contributed by atoms with van der Waals surface area (Å²) < 4.78 is 26.6. The van der Waals surface area contributed by atoms with Gasteiger partial charge in [0.15, 0.2) is 0 Å². The quantitative estimate of drug-likeness (QED) is 0.625. The molecule has 0 aliphatic heterocycles. The standard InChI is InChI=1S/C12H19ClN2O2S/c1-3-4-5-6-15-18(16,17)12-8-11(14)9(2)7-10(12)13/h7-8,15H,3-6,14H2,1-2H3. The van der Waals surface area contributed by atoms with E-state index in [9.17, 15) is 8.42 Å². The third-order valence-corrected chi connectivity index (χ3v) is 4.61. The number of sulfonamides is 1. The first-order valence-corrected chi connectivity index (χ1v) is 7.80. The highest BCUT2D eigenvalue weighted by atomic mass is 35.5. The predicted molar refractivity (Wildman–Crippen MR) is 75.3 cm³/mol. The van der Waals surface area contributed by atoms with Crippen LogP contribution in [0.25, 0.3) is 0 Å². The zero-order valence-electron chi connectivity index (χ0n) is 10.7. The number of anilines is 1. The molecule has 0 spiro atoms. The van der Waals surface area contributed by atoms with Gasteiger partial charge in [0.25, 0.3) is 0 Å². The summed E-state index contributed by atoms with van der Waals surface area (Å²) in [5.74, 6) is 0. The third-order valence-electron chi connectivity index (χ3n) is 2.68. The minimum atomic E-state index is -3.57. The summed E-state index contributed by atoms with van der Waals surface area (Å²) in [5, 5.41) is 0.199. The van der Waals surface area contributed by atoms with Crippen LogP contribution in [-0.2, 0) is 10.0 Å². The van der Waals surface area contributed by atoms with Crippen LogP contribution in [0.1, 0.15) is 31.7 Å². The number of unbranched alkanes of at least 4 members (excludes halogenated alkanes) is 2. The smallest absolute Gasteiger partial charge is 0.242 e. The molecule has 0 saturated heterocycles. The summed E-state index contributed by atoms with van der Waals surface area (Å²) in [6.07, 6.45) is 2.85. The van der Waals surface area contributed by atoms with E-state index in [1.54, 1.807) is 13.0 Å². The molecule has 0 bridgehead atoms. The van der Waals surface area contributed by atoms with Crippen LogP contribution in [0, 0.1) is 6.92 Å². The minimum absolute atomic E-state index is 0.0452. The van der Waals surface area contributed by atoms with E-state index in [0.29, 0.717) is 12.2 Å². The maximum absolute atomic E-state index is 12.0. The zero-order chi connectivity index (χ0) is 13.8. The normalized spacial score (nSPS) is 11.7. The largest absolute Gasteiger partial charge is 0.398 e. The first kappa shape index (κ1) is 15.3. The first-order chi connectivity index (χ1) is 8.38. The lowest BCUT2D eigenvalue weighted by Crippen LogP contribution is -2.25. The maximum atomic E-state index is 12.0. The van der Waals surface area contributed by atoms with E-state index >= 15 is 0 Å². The molecule has 4 nitrogen and oxygen atoms in total. The molecule has 102 valence electrons. The number of aryl methyl sites for hydroxylation is 1. The summed E-state index contributed by atoms with van der Waals surface area (Å²) in [6, 6.07) is 2.97. The lowest BCUT2D eigenvalue weighted by atomic mass is 10.2. The molecular weight excluding hydrogens is 272 g/mol. The zero-order valence-corrected chi connectivity index (χ0v) is 12.2. The van der Waals surface area contributed by atoms with Crippen LogP contribution >= 0.6 is 11.6 Å². The molecule has 6 heteroatoms. The monoisotopic (exact) mass is 290 g/mol. The highest BCUT2D eigenvalue weighted by Crippen LogP contribution is 2.26. The van der Waals surface area contributed by atoms with Gasteiger partial charge < -0.3 is 5.73 Å². The molecule has 0 aromatic heterocycles. The van der Waals surface area contributed by atoms with Gasteiger partial charge in [0.1, 0.15) is 4.90 Å². The van der Waals surface area contributed by atoms with Crippen molar-refractivity contribution in [2.45, 2.75) is 38.0 Å². The average Bonchev–Trinajstić information content (AvgIpc) is 2.29. The van der Waals surface area contributed by atoms with Crippen LogP contribution < -0.4 is 10.5 Å². The van der Waals surface area contributed by atoms with Crippen LogP contribution in [0.3, 0.4) is 0 Å². The van der Waals surface area contributed by atoms with Gasteiger partial charge in [-0.15, -0.1) is 0 Å². The van der Waals surface area contributed by atoms with E-state index in [0.717, 1.165) is 24.8 Å². The van der Waals surface area contributed by atoms with Crippen molar-refractivity contribution in [3.05, 3.63) is 22.7 Å². The second kappa shape index (κ2) is 6.41. The Morgan fingerprint density at radius 1 is 1.33 bits per heavy atom. The number of benzene rings is 1. The average molecular weight is 291 g/mol. The van der Waals surface area contributed by atoms with Crippen molar-refractivity contribution in [2.24, 2.45) is 0 Å². The van der Waals surface area contributed by atoms with Crippen LogP contribution in [0.2, 0.25) is 5.02 Å². The summed E-state index contributed by atoms with van der Waals surface area (Å²) >= 11 is 5.95. The molecule has 0 radical (unpaired) electrons. The van der Waals surface area contributed by atoms with Crippen molar-refractivity contribution in [1.82, 2.24) is 4.72 Å². The summed E-state index contributed by atoms with van der Waals surface area (Å²) in [4.78, 5) is 0.0452. The molecular formula is C12H19ClN2O2S. The Bertz CT molecular complexity index is 515. The van der Waals surface area contributed by atoms with E-state index in [4.69, 9.17) is 17.3 Å². The first-order valence-electron chi connectivity index (χ1n) is 5.93. The van der Waals surface area contributed by atoms with Crippen molar-refractivity contribution in [1.29, 1.82) is 0 Å². The Morgan fingerprint density at radius 3 is 2.61 bits per heavy atom. The molecule has 0 unspecified atom stereocenters. The van der Waals surface area contributed by atoms with Gasteiger partial charge in [-0.2, -0.15) is 0 Å². The van der Waals surface area contributed by atoms with E-state index < -0.39 is 10.0 Å². The number of rotatable bonds is 6. The van der Waals surface area contributed by atoms with Crippen LogP contribution in [-0.4, -0.2) is 15.0 Å². The van der Waals surface area contributed by atoms with Gasteiger partial charge in [0, 0.05) is 12.2 Å². The van der Waals surface area contributed by atoms with Gasteiger partial charge in [0.05, 0.1) is 5.02 Å². The van der Waals surface area contributed by atoms with Gasteiger partial charge in [-0.25, -0.2) is 13.1 Å². The molecule has 0 heterocycles. The SMILES string of the molecule is CCCCCNS(=O)(=O)c1cc(N)c(C)cc1Cl. The van der Waals surface area contributed by atoms with Crippen LogP contribution in [0.4, 0.5) is 5.69 Å². The van der Waals surface area contributed by atoms with E-state index in [1.165, 1.54) is 6.07 Å². The fourth-order valence-corrected chi connectivity index (χ4v) is 3.22. The van der Waals surface area contributed by atoms with Gasteiger partial charge >= 0.3 is 0 Å². The number of nitrogen functional groups attached to an aromatic ring is 1. The lowest BCUT2D eigenvalue weighted by molar-refractivity contribution is 0.576. The molecule has 3 N–H and O–H groups in total. The molecule has 0 aliphatic rings. The topological polar surface area (TPSA) is 72.2 Å². The van der Waals surface area contributed by atoms with Gasteiger partial charge in [-0.1, -0.05) is 31.4 Å². The molecule has 0 saturated carbocycles. The molecule has 0 aliphatic carbocycles. The predicted octanol–water partition coefficient (Wildman–Crippen LogP) is 2.70. The van der Waals surface area contributed by atoms with E-state index in [2.05, 4.69) is 11.6 Å². The molecule has 0 atom stereocenters. The maximum Gasteiger partial charge on any atom is 0.242 e. The Kier molecular flexibility index (Phi) is 5.44. The van der Waals surface area contributed by atoms with Crippen LogP contribution in [0.5, 0.6) is 0 Å².